The number of ether oxygens (including phenoxy) is 1. The molecule has 1 aliphatic carbocycles. The van der Waals surface area contributed by atoms with Gasteiger partial charge in [-0.05, 0) is 68.0 Å². The Morgan fingerprint density at radius 2 is 1.61 bits per heavy atom. The van der Waals surface area contributed by atoms with Gasteiger partial charge in [-0.3, -0.25) is 4.72 Å². The van der Waals surface area contributed by atoms with E-state index in [2.05, 4.69) is 20.0 Å². The predicted octanol–water partition coefficient (Wildman–Crippen LogP) is 6.84. The molecule has 2 heterocycles. The van der Waals surface area contributed by atoms with Gasteiger partial charge in [-0.1, -0.05) is 54.6 Å². The molecule has 1 fully saturated rings. The first-order valence-corrected chi connectivity index (χ1v) is 16.0. The third kappa shape index (κ3) is 7.27. The number of hydrogen-bond acceptors (Lipinski definition) is 8. The van der Waals surface area contributed by atoms with Gasteiger partial charge in [-0.2, -0.15) is 0 Å². The molecular weight excluding hydrogens is 596 g/mol. The molecule has 11 heteroatoms. The Balaban J connectivity index is 0.00000384. The minimum atomic E-state index is -3.66. The second kappa shape index (κ2) is 13.6. The summed E-state index contributed by atoms with van der Waals surface area (Å²) >= 11 is 0. The summed E-state index contributed by atoms with van der Waals surface area (Å²) in [7, 11) is -3.66. The smallest absolute Gasteiger partial charge is 0.236 e. The van der Waals surface area contributed by atoms with Crippen LogP contribution in [0.25, 0.3) is 22.0 Å². The van der Waals surface area contributed by atoms with Crippen LogP contribution in [0.4, 0.5) is 11.6 Å². The maximum Gasteiger partial charge on any atom is 0.236 e. The third-order valence-corrected chi connectivity index (χ3v) is 8.90. The summed E-state index contributed by atoms with van der Waals surface area (Å²) < 4.78 is 35.5. The number of benzene rings is 3. The largest absolute Gasteiger partial charge is 0.437 e. The first-order valence-electron chi connectivity index (χ1n) is 14.4. The fraction of sp³-hybridized carbons (Fsp3) is 0.242. The van der Waals surface area contributed by atoms with E-state index < -0.39 is 10.0 Å². The number of nitrogens with zero attached hydrogens (tertiary/aromatic N) is 3. The first-order chi connectivity index (χ1) is 20.8. The van der Waals surface area contributed by atoms with Crippen LogP contribution >= 0.6 is 12.4 Å². The minimum Gasteiger partial charge on any atom is -0.437 e. The summed E-state index contributed by atoms with van der Waals surface area (Å²) in [5.41, 5.74) is 9.43. The SMILES string of the molecule is Cc1cc(NS(=O)(=O)Cc2ccccc2)c2ccccc2c1Oc1ncccc1-c1ccnc(NC2CCC(N)CC2)n1.Cl. The van der Waals surface area contributed by atoms with Crippen LogP contribution in [-0.4, -0.2) is 35.5 Å². The van der Waals surface area contributed by atoms with Crippen molar-refractivity contribution in [1.82, 2.24) is 15.0 Å². The number of aromatic nitrogens is 3. The molecule has 0 radical (unpaired) electrons. The zero-order chi connectivity index (χ0) is 29.8. The van der Waals surface area contributed by atoms with Gasteiger partial charge in [0.1, 0.15) is 5.75 Å². The van der Waals surface area contributed by atoms with E-state index >= 15 is 0 Å². The van der Waals surface area contributed by atoms with Gasteiger partial charge in [0.05, 0.1) is 22.7 Å². The van der Waals surface area contributed by atoms with Crippen molar-refractivity contribution < 1.29 is 13.2 Å². The molecule has 228 valence electrons. The molecule has 0 bridgehead atoms. The Bertz CT molecular complexity index is 1850. The molecule has 0 saturated heterocycles. The van der Waals surface area contributed by atoms with Crippen molar-refractivity contribution in [3.63, 3.8) is 0 Å². The second-order valence-electron chi connectivity index (χ2n) is 10.9. The molecule has 0 amide bonds. The molecule has 6 rings (SSSR count). The quantitative estimate of drug-likeness (QED) is 0.161. The summed E-state index contributed by atoms with van der Waals surface area (Å²) in [6.07, 6.45) is 7.35. The fourth-order valence-corrected chi connectivity index (χ4v) is 6.70. The highest BCUT2D eigenvalue weighted by molar-refractivity contribution is 7.91. The van der Waals surface area contributed by atoms with Crippen LogP contribution in [0.5, 0.6) is 11.6 Å². The lowest BCUT2D eigenvalue weighted by atomic mass is 9.92. The standard InChI is InChI=1S/C33H34N6O3S.ClH/c1-22-20-30(39-43(40,41)21-23-8-3-2-4-9-23)26-10-5-6-11-27(26)31(22)42-32-28(12-7-18-35-32)29-17-19-36-33(38-29)37-25-15-13-24(34)14-16-25;/h2-12,17-20,24-25,39H,13-16,21,34H2,1H3,(H,36,37,38);1H. The number of sulfonamides is 1. The Hall–Kier alpha value is -4.25. The van der Waals surface area contributed by atoms with Crippen LogP contribution in [0.2, 0.25) is 0 Å². The van der Waals surface area contributed by atoms with Crippen LogP contribution in [-0.2, 0) is 15.8 Å². The topological polar surface area (TPSA) is 132 Å². The van der Waals surface area contributed by atoms with Crippen LogP contribution in [0.3, 0.4) is 0 Å². The third-order valence-electron chi connectivity index (χ3n) is 7.65. The van der Waals surface area contributed by atoms with Crippen LogP contribution in [0.15, 0.2) is 91.3 Å². The molecule has 44 heavy (non-hydrogen) atoms. The molecule has 5 aromatic rings. The summed E-state index contributed by atoms with van der Waals surface area (Å²) in [4.78, 5) is 13.8. The van der Waals surface area contributed by atoms with E-state index in [1.54, 1.807) is 30.6 Å². The van der Waals surface area contributed by atoms with Crippen molar-refractivity contribution in [2.24, 2.45) is 5.73 Å². The lowest BCUT2D eigenvalue weighted by Crippen LogP contribution is -2.33. The van der Waals surface area contributed by atoms with E-state index in [4.69, 9.17) is 15.5 Å². The van der Waals surface area contributed by atoms with E-state index in [9.17, 15) is 8.42 Å². The van der Waals surface area contributed by atoms with Gasteiger partial charge >= 0.3 is 0 Å². The summed E-state index contributed by atoms with van der Waals surface area (Å²) in [6, 6.07) is 24.6. The monoisotopic (exact) mass is 630 g/mol. The van der Waals surface area contributed by atoms with Gasteiger partial charge in [0.2, 0.25) is 21.9 Å². The summed E-state index contributed by atoms with van der Waals surface area (Å²) in [5.74, 6) is 1.41. The lowest BCUT2D eigenvalue weighted by Gasteiger charge is -2.26. The number of pyridine rings is 1. The maximum atomic E-state index is 13.1. The molecule has 0 spiro atoms. The van der Waals surface area contributed by atoms with Gasteiger partial charge in [-0.25, -0.2) is 23.4 Å². The molecule has 9 nitrogen and oxygen atoms in total. The maximum absolute atomic E-state index is 13.1. The van der Waals surface area contributed by atoms with Gasteiger partial charge in [0.15, 0.2) is 0 Å². The minimum absolute atomic E-state index is 0. The highest BCUT2D eigenvalue weighted by atomic mass is 35.5. The number of halogens is 1. The van der Waals surface area contributed by atoms with E-state index in [0.29, 0.717) is 34.5 Å². The summed E-state index contributed by atoms with van der Waals surface area (Å²) in [5, 5.41) is 4.94. The molecular formula is C33H35ClN6O3S. The highest BCUT2D eigenvalue weighted by Crippen LogP contribution is 2.40. The van der Waals surface area contributed by atoms with Crippen LogP contribution in [0, 0.1) is 6.92 Å². The molecule has 0 aliphatic heterocycles. The highest BCUT2D eigenvalue weighted by Gasteiger charge is 2.21. The Kier molecular flexibility index (Phi) is 9.63. The Labute approximate surface area is 263 Å². The van der Waals surface area contributed by atoms with Crippen molar-refractivity contribution >= 4 is 44.8 Å². The molecule has 2 aromatic heterocycles. The zero-order valence-electron chi connectivity index (χ0n) is 24.3. The van der Waals surface area contributed by atoms with E-state index in [-0.39, 0.29) is 30.2 Å². The first kappa shape index (κ1) is 31.2. The number of anilines is 2. The van der Waals surface area contributed by atoms with Crippen molar-refractivity contribution in [1.29, 1.82) is 0 Å². The number of rotatable bonds is 9. The fourth-order valence-electron chi connectivity index (χ4n) is 5.49. The molecule has 0 unspecified atom stereocenters. The van der Waals surface area contributed by atoms with Gasteiger partial charge in [0, 0.05) is 35.2 Å². The van der Waals surface area contributed by atoms with E-state index in [0.717, 1.165) is 47.6 Å². The predicted molar refractivity (Wildman–Crippen MR) is 178 cm³/mol. The lowest BCUT2D eigenvalue weighted by molar-refractivity contribution is 0.410. The van der Waals surface area contributed by atoms with E-state index in [1.165, 1.54) is 0 Å². The zero-order valence-corrected chi connectivity index (χ0v) is 25.9. The van der Waals surface area contributed by atoms with Crippen molar-refractivity contribution in [3.05, 3.63) is 102 Å². The van der Waals surface area contributed by atoms with Gasteiger partial charge in [-0.15, -0.1) is 12.4 Å². The average Bonchev–Trinajstić information content (AvgIpc) is 3.01. The van der Waals surface area contributed by atoms with Crippen molar-refractivity contribution in [2.45, 2.75) is 50.4 Å². The number of hydrogen-bond donors (Lipinski definition) is 3. The molecule has 0 atom stereocenters. The second-order valence-corrected chi connectivity index (χ2v) is 12.7. The molecule has 4 N–H and O–H groups in total. The number of nitrogens with two attached hydrogens (primary N) is 1. The van der Waals surface area contributed by atoms with Crippen LogP contribution < -0.4 is 20.5 Å². The Morgan fingerprint density at radius 3 is 2.39 bits per heavy atom. The van der Waals surface area contributed by atoms with Crippen molar-refractivity contribution in [3.8, 4) is 22.9 Å². The summed E-state index contributed by atoms with van der Waals surface area (Å²) in [6.45, 7) is 1.89. The van der Waals surface area contributed by atoms with Crippen LogP contribution in [0.1, 0.15) is 36.8 Å². The normalized spacial score (nSPS) is 16.6. The Morgan fingerprint density at radius 1 is 0.886 bits per heavy atom. The van der Waals surface area contributed by atoms with Gasteiger partial charge in [0.25, 0.3) is 0 Å². The number of aryl methyl sites for hydroxylation is 1. The number of nitrogens with one attached hydrogen (secondary N) is 2. The average molecular weight is 631 g/mol. The molecule has 1 aliphatic rings. The van der Waals surface area contributed by atoms with E-state index in [1.807, 2.05) is 67.6 Å². The van der Waals surface area contributed by atoms with Crippen molar-refractivity contribution in [2.75, 3.05) is 10.0 Å². The molecule has 1 saturated carbocycles. The molecule has 3 aromatic carbocycles. The van der Waals surface area contributed by atoms with Gasteiger partial charge < -0.3 is 15.8 Å². The number of fused-ring (bicyclic) bond motifs is 1.